The number of allylic oxidation sites excluding steroid dienone is 1. The van der Waals surface area contributed by atoms with Crippen LogP contribution in [0.25, 0.3) is 0 Å². The molecule has 3 heterocycles. The summed E-state index contributed by atoms with van der Waals surface area (Å²) >= 11 is 0. The zero-order chi connectivity index (χ0) is 18.8. The van der Waals surface area contributed by atoms with Crippen molar-refractivity contribution in [1.82, 2.24) is 15.2 Å². The van der Waals surface area contributed by atoms with Gasteiger partial charge in [0, 0.05) is 55.9 Å². The number of anilines is 1. The summed E-state index contributed by atoms with van der Waals surface area (Å²) < 4.78 is 0. The lowest BCUT2D eigenvalue weighted by molar-refractivity contribution is -0.134. The number of rotatable bonds is 4. The molecule has 1 N–H and O–H groups in total. The Kier molecular flexibility index (Phi) is 5.14. The number of carbonyl (C=O) groups excluding carboxylic acids is 2. The minimum atomic E-state index is 0.0485. The van der Waals surface area contributed by atoms with Gasteiger partial charge < -0.3 is 15.1 Å². The number of nitrogens with one attached hydrogen (secondary N) is 1. The lowest BCUT2D eigenvalue weighted by Gasteiger charge is -2.22. The van der Waals surface area contributed by atoms with Crippen LogP contribution in [0.2, 0.25) is 0 Å². The van der Waals surface area contributed by atoms with E-state index in [1.807, 2.05) is 17.0 Å². The van der Waals surface area contributed by atoms with Gasteiger partial charge in [-0.3, -0.25) is 14.6 Å². The first kappa shape index (κ1) is 18.0. The third-order valence-corrected chi connectivity index (χ3v) is 6.17. The van der Waals surface area contributed by atoms with Crippen molar-refractivity contribution in [3.05, 3.63) is 35.7 Å². The van der Waals surface area contributed by atoms with E-state index in [0.717, 1.165) is 63.0 Å². The quantitative estimate of drug-likeness (QED) is 0.884. The Morgan fingerprint density at radius 3 is 2.67 bits per heavy atom. The Bertz CT molecular complexity index is 746. The Morgan fingerprint density at radius 2 is 1.93 bits per heavy atom. The van der Waals surface area contributed by atoms with Crippen LogP contribution in [0, 0.1) is 5.92 Å². The summed E-state index contributed by atoms with van der Waals surface area (Å²) in [7, 11) is 0. The lowest BCUT2D eigenvalue weighted by atomic mass is 10.1. The molecule has 6 nitrogen and oxygen atoms in total. The lowest BCUT2D eigenvalue weighted by Crippen LogP contribution is -2.41. The van der Waals surface area contributed by atoms with Crippen molar-refractivity contribution in [2.45, 2.75) is 45.1 Å². The summed E-state index contributed by atoms with van der Waals surface area (Å²) in [5.74, 6) is 0.362. The molecule has 4 rings (SSSR count). The van der Waals surface area contributed by atoms with E-state index in [-0.39, 0.29) is 23.8 Å². The number of pyridine rings is 1. The van der Waals surface area contributed by atoms with Crippen LogP contribution in [-0.2, 0) is 9.59 Å². The number of amides is 2. The smallest absolute Gasteiger partial charge is 0.247 e. The molecule has 0 spiro atoms. The summed E-state index contributed by atoms with van der Waals surface area (Å²) in [6, 6.07) is 4.07. The summed E-state index contributed by atoms with van der Waals surface area (Å²) in [4.78, 5) is 33.7. The highest BCUT2D eigenvalue weighted by Crippen LogP contribution is 2.27. The molecule has 0 aromatic carbocycles. The van der Waals surface area contributed by atoms with E-state index in [1.54, 1.807) is 12.4 Å². The standard InChI is InChI=1S/C21H28N4O2/c1-15-3-2-4-19(15)20(26)23-17-8-12-25(14-17)21(27)16-7-11-24(13-16)18-5-9-22-10-6-18/h5-6,9-10,16-17H,2-4,7-8,11-14H2,1H3,(H,23,26). The molecule has 27 heavy (non-hydrogen) atoms. The van der Waals surface area contributed by atoms with Crippen LogP contribution in [0.1, 0.15) is 39.0 Å². The second-order valence-corrected chi connectivity index (χ2v) is 7.99. The number of hydrogen-bond acceptors (Lipinski definition) is 4. The maximum atomic E-state index is 12.9. The first-order valence-corrected chi connectivity index (χ1v) is 10.0. The van der Waals surface area contributed by atoms with E-state index in [2.05, 4.69) is 22.1 Å². The highest BCUT2D eigenvalue weighted by atomic mass is 16.2. The molecule has 2 aliphatic heterocycles. The molecule has 6 heteroatoms. The van der Waals surface area contributed by atoms with Gasteiger partial charge in [0.1, 0.15) is 0 Å². The summed E-state index contributed by atoms with van der Waals surface area (Å²) in [5.41, 5.74) is 3.32. The number of carbonyl (C=O) groups is 2. The number of aromatic nitrogens is 1. The molecule has 2 atom stereocenters. The number of nitrogens with zero attached hydrogens (tertiary/aromatic N) is 3. The Balaban J connectivity index is 1.29. The Hall–Kier alpha value is -2.37. The minimum absolute atomic E-state index is 0.0485. The fourth-order valence-electron chi connectivity index (χ4n) is 4.56. The zero-order valence-corrected chi connectivity index (χ0v) is 16.0. The van der Waals surface area contributed by atoms with Gasteiger partial charge >= 0.3 is 0 Å². The second kappa shape index (κ2) is 7.71. The molecule has 3 aliphatic rings. The number of likely N-dealkylation sites (tertiary alicyclic amines) is 1. The van der Waals surface area contributed by atoms with E-state index in [0.29, 0.717) is 6.54 Å². The summed E-state index contributed by atoms with van der Waals surface area (Å²) in [6.07, 6.45) is 8.33. The van der Waals surface area contributed by atoms with Gasteiger partial charge in [0.2, 0.25) is 11.8 Å². The van der Waals surface area contributed by atoms with Crippen LogP contribution < -0.4 is 10.2 Å². The predicted molar refractivity (Wildman–Crippen MR) is 104 cm³/mol. The molecular weight excluding hydrogens is 340 g/mol. The first-order chi connectivity index (χ1) is 13.1. The van der Waals surface area contributed by atoms with Gasteiger partial charge in [0.15, 0.2) is 0 Å². The Labute approximate surface area is 160 Å². The molecule has 1 aromatic heterocycles. The highest BCUT2D eigenvalue weighted by molar-refractivity contribution is 5.94. The molecule has 1 aromatic rings. The fraction of sp³-hybridized carbons (Fsp3) is 0.571. The van der Waals surface area contributed by atoms with Crippen molar-refractivity contribution in [1.29, 1.82) is 0 Å². The van der Waals surface area contributed by atoms with Crippen molar-refractivity contribution in [3.63, 3.8) is 0 Å². The molecule has 0 radical (unpaired) electrons. The van der Waals surface area contributed by atoms with E-state index in [1.165, 1.54) is 5.57 Å². The van der Waals surface area contributed by atoms with Gasteiger partial charge in [-0.15, -0.1) is 0 Å². The van der Waals surface area contributed by atoms with Crippen LogP contribution in [0.3, 0.4) is 0 Å². The molecule has 144 valence electrons. The molecule has 2 amide bonds. The molecule has 0 saturated carbocycles. The normalized spacial score (nSPS) is 25.4. The number of hydrogen-bond donors (Lipinski definition) is 1. The van der Waals surface area contributed by atoms with Crippen molar-refractivity contribution in [2.24, 2.45) is 5.92 Å². The van der Waals surface area contributed by atoms with E-state index in [4.69, 9.17) is 0 Å². The Morgan fingerprint density at radius 1 is 1.11 bits per heavy atom. The topological polar surface area (TPSA) is 65.5 Å². The van der Waals surface area contributed by atoms with Crippen molar-refractivity contribution < 1.29 is 9.59 Å². The molecule has 2 unspecified atom stereocenters. The summed E-state index contributed by atoms with van der Waals surface area (Å²) in [5, 5.41) is 3.15. The second-order valence-electron chi connectivity index (χ2n) is 7.99. The SMILES string of the molecule is CC1=C(C(=O)NC2CCN(C(=O)C3CCN(c4ccncc4)C3)C2)CCC1. The maximum Gasteiger partial charge on any atom is 0.247 e. The van der Waals surface area contributed by atoms with E-state index >= 15 is 0 Å². The highest BCUT2D eigenvalue weighted by Gasteiger charge is 2.35. The first-order valence-electron chi connectivity index (χ1n) is 10.0. The van der Waals surface area contributed by atoms with Gasteiger partial charge in [0.05, 0.1) is 5.92 Å². The van der Waals surface area contributed by atoms with Gasteiger partial charge in [0.25, 0.3) is 0 Å². The molecule has 1 aliphatic carbocycles. The van der Waals surface area contributed by atoms with Crippen LogP contribution >= 0.6 is 0 Å². The van der Waals surface area contributed by atoms with Crippen LogP contribution in [0.15, 0.2) is 35.7 Å². The van der Waals surface area contributed by atoms with E-state index in [9.17, 15) is 9.59 Å². The van der Waals surface area contributed by atoms with Gasteiger partial charge in [-0.1, -0.05) is 5.57 Å². The average molecular weight is 368 g/mol. The molecule has 2 saturated heterocycles. The molecular formula is C21H28N4O2. The molecule has 0 bridgehead atoms. The summed E-state index contributed by atoms with van der Waals surface area (Å²) in [6.45, 7) is 5.11. The monoisotopic (exact) mass is 368 g/mol. The van der Waals surface area contributed by atoms with Crippen LogP contribution in [0.4, 0.5) is 5.69 Å². The maximum absolute atomic E-state index is 12.9. The van der Waals surface area contributed by atoms with Gasteiger partial charge in [-0.25, -0.2) is 0 Å². The zero-order valence-electron chi connectivity index (χ0n) is 16.0. The fourth-order valence-corrected chi connectivity index (χ4v) is 4.56. The van der Waals surface area contributed by atoms with Crippen LogP contribution in [0.5, 0.6) is 0 Å². The minimum Gasteiger partial charge on any atom is -0.371 e. The largest absolute Gasteiger partial charge is 0.371 e. The van der Waals surface area contributed by atoms with Crippen LogP contribution in [-0.4, -0.2) is 53.9 Å². The van der Waals surface area contributed by atoms with Crippen molar-refractivity contribution in [3.8, 4) is 0 Å². The van der Waals surface area contributed by atoms with Crippen molar-refractivity contribution >= 4 is 17.5 Å². The van der Waals surface area contributed by atoms with Gasteiger partial charge in [-0.2, -0.15) is 0 Å². The third-order valence-electron chi connectivity index (χ3n) is 6.17. The predicted octanol–water partition coefficient (Wildman–Crippen LogP) is 2.13. The van der Waals surface area contributed by atoms with E-state index < -0.39 is 0 Å². The average Bonchev–Trinajstić information content (AvgIpc) is 3.42. The molecule has 2 fully saturated rings. The third kappa shape index (κ3) is 3.84. The van der Waals surface area contributed by atoms with Crippen molar-refractivity contribution in [2.75, 3.05) is 31.1 Å². The van der Waals surface area contributed by atoms with Gasteiger partial charge in [-0.05, 0) is 51.2 Å².